The van der Waals surface area contributed by atoms with Crippen LogP contribution in [0.4, 0.5) is 27.7 Å². The quantitative estimate of drug-likeness (QED) is 0.425. The van der Waals surface area contributed by atoms with E-state index < -0.39 is 6.04 Å². The lowest BCUT2D eigenvalue weighted by Crippen LogP contribution is -2.18. The van der Waals surface area contributed by atoms with Gasteiger partial charge in [-0.25, -0.2) is 9.37 Å². The number of H-pyrrole nitrogens is 1. The van der Waals surface area contributed by atoms with Gasteiger partial charge in [0.25, 0.3) is 0 Å². The molecule has 4 rings (SSSR count). The van der Waals surface area contributed by atoms with E-state index >= 15 is 0 Å². The summed E-state index contributed by atoms with van der Waals surface area (Å²) in [6.45, 7) is 1.57. The van der Waals surface area contributed by atoms with Gasteiger partial charge in [0.15, 0.2) is 11.6 Å². The van der Waals surface area contributed by atoms with Crippen LogP contribution in [-0.2, 0) is 0 Å². The molecule has 1 aliphatic rings. The second-order valence-electron chi connectivity index (χ2n) is 6.93. The number of hydrogen-bond donors (Lipinski definition) is 5. The second kappa shape index (κ2) is 7.43. The Balaban J connectivity index is 1.55. The predicted octanol–water partition coefficient (Wildman–Crippen LogP) is 3.00. The van der Waals surface area contributed by atoms with Crippen molar-refractivity contribution in [1.29, 1.82) is 0 Å². The number of aliphatic hydroxyl groups excluding tert-OH is 1. The van der Waals surface area contributed by atoms with E-state index in [1.54, 1.807) is 19.1 Å². The second-order valence-corrected chi connectivity index (χ2v) is 6.93. The van der Waals surface area contributed by atoms with Crippen molar-refractivity contribution in [2.24, 2.45) is 0 Å². The first-order valence-corrected chi connectivity index (χ1v) is 9.13. The molecule has 8 nitrogen and oxygen atoms in total. The minimum atomic E-state index is -0.483. The molecule has 0 aliphatic heterocycles. The third-order valence-corrected chi connectivity index (χ3v) is 4.76. The Bertz CT molecular complexity index is 969. The third kappa shape index (κ3) is 3.89. The lowest BCUT2D eigenvalue weighted by atomic mass is 10.1. The van der Waals surface area contributed by atoms with Gasteiger partial charge in [-0.15, -0.1) is 0 Å². The number of benzene rings is 1. The highest BCUT2D eigenvalue weighted by atomic mass is 19.1. The Morgan fingerprint density at radius 1 is 1.29 bits per heavy atom. The normalized spacial score (nSPS) is 14.7. The number of aromatic amines is 1. The van der Waals surface area contributed by atoms with Gasteiger partial charge in [-0.05, 0) is 37.5 Å². The van der Waals surface area contributed by atoms with Crippen LogP contribution in [0.2, 0.25) is 0 Å². The zero-order valence-electron chi connectivity index (χ0n) is 15.4. The minimum absolute atomic E-state index is 0.203. The van der Waals surface area contributed by atoms with Gasteiger partial charge in [-0.1, -0.05) is 12.1 Å². The molecule has 9 heteroatoms. The Morgan fingerprint density at radius 2 is 2.04 bits per heavy atom. The molecular formula is C19H22FN7O. The van der Waals surface area contributed by atoms with E-state index in [-0.39, 0.29) is 12.4 Å². The Kier molecular flexibility index (Phi) is 4.82. The summed E-state index contributed by atoms with van der Waals surface area (Å²) in [6.07, 6.45) is 2.35. The molecule has 28 heavy (non-hydrogen) atoms. The monoisotopic (exact) mass is 383 g/mol. The van der Waals surface area contributed by atoms with Crippen LogP contribution >= 0.6 is 0 Å². The van der Waals surface area contributed by atoms with Gasteiger partial charge in [0.2, 0.25) is 5.95 Å². The number of hydrogen-bond acceptors (Lipinski definition) is 7. The van der Waals surface area contributed by atoms with Gasteiger partial charge in [0.05, 0.1) is 24.0 Å². The number of nitrogens with one attached hydrogen (secondary N) is 3. The first-order chi connectivity index (χ1) is 13.5. The third-order valence-electron chi connectivity index (χ3n) is 4.76. The number of aliphatic hydroxyl groups is 1. The summed E-state index contributed by atoms with van der Waals surface area (Å²) in [5.41, 5.74) is 8.96. The van der Waals surface area contributed by atoms with Gasteiger partial charge in [0, 0.05) is 17.7 Å². The van der Waals surface area contributed by atoms with E-state index in [1.165, 1.54) is 25.0 Å². The highest BCUT2D eigenvalue weighted by molar-refractivity contribution is 5.70. The number of aryl methyl sites for hydroxylation is 1. The molecule has 0 bridgehead atoms. The van der Waals surface area contributed by atoms with Crippen LogP contribution in [0.25, 0.3) is 0 Å². The molecule has 146 valence electrons. The molecule has 0 radical (unpaired) electrons. The number of nitrogens with zero attached hydrogens (tertiary/aromatic N) is 3. The summed E-state index contributed by atoms with van der Waals surface area (Å²) in [5, 5.41) is 23.2. The molecule has 1 saturated carbocycles. The number of anilines is 4. The van der Waals surface area contributed by atoms with Gasteiger partial charge in [-0.2, -0.15) is 10.1 Å². The maximum atomic E-state index is 13.2. The molecule has 0 spiro atoms. The molecule has 1 atom stereocenters. The molecular weight excluding hydrogens is 361 g/mol. The fourth-order valence-corrected chi connectivity index (χ4v) is 2.95. The maximum absolute atomic E-state index is 13.2. The van der Waals surface area contributed by atoms with E-state index in [4.69, 9.17) is 5.73 Å². The van der Waals surface area contributed by atoms with Gasteiger partial charge in [0.1, 0.15) is 5.82 Å². The van der Waals surface area contributed by atoms with Crippen LogP contribution in [0.3, 0.4) is 0 Å². The molecule has 1 aliphatic carbocycles. The zero-order chi connectivity index (χ0) is 19.7. The SMILES string of the molecule is Cc1nc(NC(CO)c2ccc(F)cc2)nc(Nc2cc(C3CC3)[nH]n2)c1N. The average molecular weight is 383 g/mol. The molecule has 2 aromatic heterocycles. The van der Waals surface area contributed by atoms with Crippen molar-refractivity contribution >= 4 is 23.3 Å². The first-order valence-electron chi connectivity index (χ1n) is 9.13. The fourth-order valence-electron chi connectivity index (χ4n) is 2.95. The molecule has 1 unspecified atom stereocenters. The topological polar surface area (TPSA) is 125 Å². The standard InChI is InChI=1S/C19H22FN7O/c1-10-17(21)18(24-16-8-14(26-27-16)11-2-3-11)25-19(22-10)23-15(9-28)12-4-6-13(20)7-5-12/h4-8,11,15,28H,2-3,9,21H2,1H3,(H3,22,23,24,25,26,27). The van der Waals surface area contributed by atoms with E-state index in [1.807, 2.05) is 6.07 Å². The number of nitrogens with two attached hydrogens (primary N) is 1. The van der Waals surface area contributed by atoms with E-state index in [2.05, 4.69) is 30.8 Å². The van der Waals surface area contributed by atoms with E-state index in [0.29, 0.717) is 34.9 Å². The molecule has 6 N–H and O–H groups in total. The van der Waals surface area contributed by atoms with Crippen LogP contribution in [0.1, 0.15) is 41.8 Å². The van der Waals surface area contributed by atoms with Crippen LogP contribution < -0.4 is 16.4 Å². The summed E-state index contributed by atoms with van der Waals surface area (Å²) in [6, 6.07) is 7.37. The summed E-state index contributed by atoms with van der Waals surface area (Å²) >= 11 is 0. The Morgan fingerprint density at radius 3 is 2.71 bits per heavy atom. The van der Waals surface area contributed by atoms with Crippen LogP contribution in [-0.4, -0.2) is 31.9 Å². The summed E-state index contributed by atoms with van der Waals surface area (Å²) in [7, 11) is 0. The molecule has 0 saturated heterocycles. The van der Waals surface area contributed by atoms with Crippen LogP contribution in [0, 0.1) is 12.7 Å². The first kappa shape index (κ1) is 18.2. The van der Waals surface area contributed by atoms with Crippen molar-refractivity contribution in [1.82, 2.24) is 20.2 Å². The lowest BCUT2D eigenvalue weighted by Gasteiger charge is -2.18. The van der Waals surface area contributed by atoms with Gasteiger partial charge in [-0.3, -0.25) is 5.10 Å². The minimum Gasteiger partial charge on any atom is -0.394 e. The van der Waals surface area contributed by atoms with E-state index in [9.17, 15) is 9.50 Å². The van der Waals surface area contributed by atoms with Crippen molar-refractivity contribution in [2.75, 3.05) is 23.0 Å². The van der Waals surface area contributed by atoms with Crippen molar-refractivity contribution in [3.8, 4) is 0 Å². The molecule has 1 fully saturated rings. The molecule has 2 heterocycles. The lowest BCUT2D eigenvalue weighted by molar-refractivity contribution is 0.276. The van der Waals surface area contributed by atoms with Crippen molar-refractivity contribution in [3.05, 3.63) is 53.1 Å². The van der Waals surface area contributed by atoms with Crippen LogP contribution in [0.15, 0.2) is 30.3 Å². The fraction of sp³-hybridized carbons (Fsp3) is 0.316. The molecule has 1 aromatic carbocycles. The summed E-state index contributed by atoms with van der Waals surface area (Å²) in [5.74, 6) is 1.59. The number of rotatable bonds is 7. The highest BCUT2D eigenvalue weighted by Gasteiger charge is 2.25. The molecule has 3 aromatic rings. The summed E-state index contributed by atoms with van der Waals surface area (Å²) in [4.78, 5) is 8.78. The Hall–Kier alpha value is -3.20. The van der Waals surface area contributed by atoms with E-state index in [0.717, 1.165) is 11.3 Å². The van der Waals surface area contributed by atoms with Crippen molar-refractivity contribution in [3.63, 3.8) is 0 Å². The maximum Gasteiger partial charge on any atom is 0.225 e. The van der Waals surface area contributed by atoms with Gasteiger partial charge < -0.3 is 21.5 Å². The Labute approximate surface area is 161 Å². The van der Waals surface area contributed by atoms with Crippen molar-refractivity contribution < 1.29 is 9.50 Å². The number of nitrogen functional groups attached to an aromatic ring is 1. The number of aromatic nitrogens is 4. The zero-order valence-corrected chi connectivity index (χ0v) is 15.4. The number of halogens is 1. The predicted molar refractivity (Wildman–Crippen MR) is 105 cm³/mol. The van der Waals surface area contributed by atoms with Crippen LogP contribution in [0.5, 0.6) is 0 Å². The highest BCUT2D eigenvalue weighted by Crippen LogP contribution is 2.39. The largest absolute Gasteiger partial charge is 0.394 e. The molecule has 0 amide bonds. The van der Waals surface area contributed by atoms with Crippen molar-refractivity contribution in [2.45, 2.75) is 31.7 Å². The average Bonchev–Trinajstić information content (AvgIpc) is 3.44. The summed E-state index contributed by atoms with van der Waals surface area (Å²) < 4.78 is 13.2. The van der Waals surface area contributed by atoms with Gasteiger partial charge >= 0.3 is 0 Å². The smallest absolute Gasteiger partial charge is 0.225 e.